The quantitative estimate of drug-likeness (QED) is 0.668. The minimum absolute atomic E-state index is 0.232. The van der Waals surface area contributed by atoms with E-state index in [2.05, 4.69) is 9.97 Å². The number of aliphatic hydroxyl groups is 1. The Kier molecular flexibility index (Phi) is 4.15. The van der Waals surface area contributed by atoms with Crippen molar-refractivity contribution in [3.63, 3.8) is 0 Å². The van der Waals surface area contributed by atoms with Crippen molar-refractivity contribution in [1.29, 1.82) is 0 Å². The van der Waals surface area contributed by atoms with Gasteiger partial charge in [0.1, 0.15) is 17.6 Å². The molecule has 0 saturated carbocycles. The van der Waals surface area contributed by atoms with Gasteiger partial charge in [0, 0.05) is 10.8 Å². The number of Topliss-reactive ketones (excluding diaryl/α,β-unsaturated/α-hetero) is 1. The van der Waals surface area contributed by atoms with E-state index < -0.39 is 28.7 Å². The highest BCUT2D eigenvalue weighted by Gasteiger charge is 2.46. The molecule has 2 rings (SSSR count). The van der Waals surface area contributed by atoms with Crippen molar-refractivity contribution < 1.29 is 23.1 Å². The highest BCUT2D eigenvalue weighted by molar-refractivity contribution is 6.06. The summed E-state index contributed by atoms with van der Waals surface area (Å²) in [7, 11) is 0. The number of hydrogen-bond donors (Lipinski definition) is 1. The highest BCUT2D eigenvalue weighted by Crippen LogP contribution is 2.37. The summed E-state index contributed by atoms with van der Waals surface area (Å²) in [5.41, 5.74) is -2.86. The molecule has 122 valence electrons. The number of fused-ring (bicyclic) bond motifs is 1. The number of nitrogens with zero attached hydrogens (tertiary/aromatic N) is 2. The number of halogens is 3. The van der Waals surface area contributed by atoms with E-state index in [1.807, 2.05) is 0 Å². The molecule has 4 nitrogen and oxygen atoms in total. The van der Waals surface area contributed by atoms with Crippen LogP contribution in [0.5, 0.6) is 0 Å². The summed E-state index contributed by atoms with van der Waals surface area (Å²) in [4.78, 5) is 19.8. The third kappa shape index (κ3) is 3.33. The van der Waals surface area contributed by atoms with Gasteiger partial charge in [-0.3, -0.25) is 4.79 Å². The Morgan fingerprint density at radius 3 is 2.26 bits per heavy atom. The summed E-state index contributed by atoms with van der Waals surface area (Å²) >= 11 is 0. The fourth-order valence-electron chi connectivity index (χ4n) is 2.06. The molecule has 1 aromatic carbocycles. The van der Waals surface area contributed by atoms with Crippen molar-refractivity contribution in [1.82, 2.24) is 9.97 Å². The first kappa shape index (κ1) is 16.9. The van der Waals surface area contributed by atoms with E-state index in [1.54, 1.807) is 18.2 Å². The molecular formula is C16H15F3N2O2. The second kappa shape index (κ2) is 5.64. The second-order valence-electron chi connectivity index (χ2n) is 6.04. The van der Waals surface area contributed by atoms with E-state index in [-0.39, 0.29) is 11.1 Å². The van der Waals surface area contributed by atoms with Crippen molar-refractivity contribution in [3.8, 4) is 0 Å². The molecule has 7 heteroatoms. The van der Waals surface area contributed by atoms with Crippen molar-refractivity contribution in [3.05, 3.63) is 41.9 Å². The average Bonchev–Trinajstić information content (AvgIpc) is 2.44. The van der Waals surface area contributed by atoms with Crippen LogP contribution in [-0.2, 0) is 4.79 Å². The van der Waals surface area contributed by atoms with Gasteiger partial charge in [-0.1, -0.05) is 39.0 Å². The summed E-state index contributed by atoms with van der Waals surface area (Å²) in [5, 5.41) is 10.4. The van der Waals surface area contributed by atoms with Gasteiger partial charge in [0.2, 0.25) is 0 Å². The maximum Gasteiger partial charge on any atom is 0.423 e. The molecule has 0 unspecified atom stereocenters. The SMILES string of the molecule is CC(C)(C)C(=O)C(=C(O)c1ncnc2ccccc12)C(F)(F)F. The van der Waals surface area contributed by atoms with Crippen LogP contribution in [0.1, 0.15) is 26.5 Å². The van der Waals surface area contributed by atoms with Gasteiger partial charge in [-0.15, -0.1) is 0 Å². The van der Waals surface area contributed by atoms with Crippen LogP contribution in [0.4, 0.5) is 13.2 Å². The Labute approximate surface area is 130 Å². The number of para-hydroxylation sites is 1. The zero-order valence-electron chi connectivity index (χ0n) is 12.8. The van der Waals surface area contributed by atoms with Gasteiger partial charge in [-0.2, -0.15) is 13.2 Å². The van der Waals surface area contributed by atoms with E-state index in [0.717, 1.165) is 6.33 Å². The summed E-state index contributed by atoms with van der Waals surface area (Å²) in [5.74, 6) is -2.39. The number of allylic oxidation sites excluding steroid dienone is 1. The number of aliphatic hydroxyl groups excluding tert-OH is 1. The van der Waals surface area contributed by atoms with Crippen LogP contribution in [0.2, 0.25) is 0 Å². The first-order chi connectivity index (χ1) is 10.5. The molecule has 0 amide bonds. The number of carbonyl (C=O) groups excluding carboxylic acids is 1. The zero-order valence-corrected chi connectivity index (χ0v) is 12.8. The van der Waals surface area contributed by atoms with Gasteiger partial charge in [0.15, 0.2) is 11.5 Å². The lowest BCUT2D eigenvalue weighted by atomic mass is 9.85. The monoisotopic (exact) mass is 324 g/mol. The minimum atomic E-state index is -5.00. The average molecular weight is 324 g/mol. The van der Waals surface area contributed by atoms with Gasteiger partial charge in [-0.05, 0) is 6.07 Å². The summed E-state index contributed by atoms with van der Waals surface area (Å²) in [6.45, 7) is 4.06. The zero-order chi connectivity index (χ0) is 17.4. The minimum Gasteiger partial charge on any atom is -0.505 e. The lowest BCUT2D eigenvalue weighted by molar-refractivity contribution is -0.135. The highest BCUT2D eigenvalue weighted by atomic mass is 19.4. The number of carbonyl (C=O) groups is 1. The number of alkyl halides is 3. The van der Waals surface area contributed by atoms with Gasteiger partial charge >= 0.3 is 6.18 Å². The van der Waals surface area contributed by atoms with Crippen LogP contribution < -0.4 is 0 Å². The van der Waals surface area contributed by atoms with Crippen LogP contribution in [0.25, 0.3) is 16.7 Å². The molecule has 0 bridgehead atoms. The van der Waals surface area contributed by atoms with E-state index in [9.17, 15) is 23.1 Å². The van der Waals surface area contributed by atoms with Crippen LogP contribution >= 0.6 is 0 Å². The van der Waals surface area contributed by atoms with E-state index >= 15 is 0 Å². The predicted octanol–water partition coefficient (Wildman–Crippen LogP) is 4.08. The molecule has 0 aliphatic carbocycles. The molecule has 0 spiro atoms. The van der Waals surface area contributed by atoms with Crippen LogP contribution in [0.3, 0.4) is 0 Å². The number of ketones is 1. The number of rotatable bonds is 2. The third-order valence-electron chi connectivity index (χ3n) is 3.20. The largest absolute Gasteiger partial charge is 0.505 e. The van der Waals surface area contributed by atoms with Crippen molar-refractivity contribution >= 4 is 22.4 Å². The van der Waals surface area contributed by atoms with Gasteiger partial charge in [0.25, 0.3) is 0 Å². The van der Waals surface area contributed by atoms with Crippen molar-refractivity contribution in [2.24, 2.45) is 5.41 Å². The molecule has 0 saturated heterocycles. The van der Waals surface area contributed by atoms with Crippen LogP contribution in [0, 0.1) is 5.41 Å². The first-order valence-electron chi connectivity index (χ1n) is 6.79. The van der Waals surface area contributed by atoms with Crippen molar-refractivity contribution in [2.45, 2.75) is 26.9 Å². The molecule has 23 heavy (non-hydrogen) atoms. The fraction of sp³-hybridized carbons (Fsp3) is 0.312. The predicted molar refractivity (Wildman–Crippen MR) is 79.6 cm³/mol. The lowest BCUT2D eigenvalue weighted by Gasteiger charge is -2.21. The van der Waals surface area contributed by atoms with Crippen molar-refractivity contribution in [2.75, 3.05) is 0 Å². The van der Waals surface area contributed by atoms with Crippen LogP contribution in [0.15, 0.2) is 36.2 Å². The topological polar surface area (TPSA) is 63.1 Å². The Morgan fingerprint density at radius 2 is 1.70 bits per heavy atom. The maximum absolute atomic E-state index is 13.4. The first-order valence-corrected chi connectivity index (χ1v) is 6.79. The second-order valence-corrected chi connectivity index (χ2v) is 6.04. The molecule has 0 aliphatic rings. The Bertz CT molecular complexity index is 784. The number of aromatic nitrogens is 2. The normalized spacial score (nSPS) is 13.8. The molecular weight excluding hydrogens is 309 g/mol. The molecule has 1 N–H and O–H groups in total. The molecule has 2 aromatic rings. The lowest BCUT2D eigenvalue weighted by Crippen LogP contribution is -2.31. The fourth-order valence-corrected chi connectivity index (χ4v) is 2.06. The van der Waals surface area contributed by atoms with Gasteiger partial charge in [-0.25, -0.2) is 9.97 Å². The maximum atomic E-state index is 13.4. The smallest absolute Gasteiger partial charge is 0.423 e. The van der Waals surface area contributed by atoms with Gasteiger partial charge < -0.3 is 5.11 Å². The standard InChI is InChI=1S/C16H15F3N2O2/c1-15(2,3)14(23)11(16(17,18)19)13(22)12-9-6-4-5-7-10(9)20-8-21-12/h4-8,22H,1-3H3. The summed E-state index contributed by atoms with van der Waals surface area (Å²) in [6.07, 6.45) is -3.95. The summed E-state index contributed by atoms with van der Waals surface area (Å²) < 4.78 is 40.1. The van der Waals surface area contributed by atoms with Crippen LogP contribution in [-0.4, -0.2) is 27.0 Å². The molecule has 0 atom stereocenters. The number of benzene rings is 1. The molecule has 0 fully saturated rings. The third-order valence-corrected chi connectivity index (χ3v) is 3.20. The molecule has 0 radical (unpaired) electrons. The Morgan fingerprint density at radius 1 is 1.09 bits per heavy atom. The molecule has 1 aromatic heterocycles. The number of hydrogen-bond acceptors (Lipinski definition) is 4. The van der Waals surface area contributed by atoms with E-state index in [1.165, 1.54) is 26.8 Å². The summed E-state index contributed by atoms with van der Waals surface area (Å²) in [6, 6.07) is 6.30. The van der Waals surface area contributed by atoms with Gasteiger partial charge in [0.05, 0.1) is 5.52 Å². The Hall–Kier alpha value is -2.44. The van der Waals surface area contributed by atoms with E-state index in [4.69, 9.17) is 0 Å². The molecule has 1 heterocycles. The molecule has 0 aliphatic heterocycles. The van der Waals surface area contributed by atoms with E-state index in [0.29, 0.717) is 5.52 Å². The Balaban J connectivity index is 2.79.